The topological polar surface area (TPSA) is 81.1 Å². The maximum Gasteiger partial charge on any atom is 0.316 e. The molecule has 1 saturated heterocycles. The van der Waals surface area contributed by atoms with Gasteiger partial charge in [0, 0.05) is 24.5 Å². The summed E-state index contributed by atoms with van der Waals surface area (Å²) in [6, 6.07) is 5.65. The maximum absolute atomic E-state index is 12.9. The van der Waals surface area contributed by atoms with Crippen LogP contribution in [0.25, 0.3) is 11.0 Å². The Kier molecular flexibility index (Phi) is 4.62. The Morgan fingerprint density at radius 1 is 1.12 bits per heavy atom. The van der Waals surface area contributed by atoms with E-state index < -0.39 is 0 Å². The minimum atomic E-state index is -0.144. The Hall–Kier alpha value is -2.80. The third kappa shape index (κ3) is 3.57. The number of nitrogens with zero attached hydrogens (tertiary/aromatic N) is 5. The van der Waals surface area contributed by atoms with Crippen LogP contribution in [0.4, 0.5) is 0 Å². The largest absolute Gasteiger partial charge is 0.458 e. The number of ether oxygens (including phenoxy) is 1. The zero-order valence-corrected chi connectivity index (χ0v) is 14.6. The van der Waals surface area contributed by atoms with E-state index in [-0.39, 0.29) is 18.0 Å². The Morgan fingerprint density at radius 3 is 2.69 bits per heavy atom. The van der Waals surface area contributed by atoms with Gasteiger partial charge in [0.05, 0.1) is 35.0 Å². The molecule has 1 amide bonds. The van der Waals surface area contributed by atoms with Crippen molar-refractivity contribution in [3.8, 4) is 6.01 Å². The molecule has 0 spiro atoms. The van der Waals surface area contributed by atoms with Gasteiger partial charge < -0.3 is 9.64 Å². The van der Waals surface area contributed by atoms with Crippen LogP contribution in [0.2, 0.25) is 5.02 Å². The maximum atomic E-state index is 12.9. The number of amides is 1. The van der Waals surface area contributed by atoms with Gasteiger partial charge in [-0.05, 0) is 31.0 Å². The van der Waals surface area contributed by atoms with E-state index in [1.165, 1.54) is 12.4 Å². The van der Waals surface area contributed by atoms with Crippen molar-refractivity contribution >= 4 is 28.5 Å². The van der Waals surface area contributed by atoms with Gasteiger partial charge in [0.25, 0.3) is 5.91 Å². The summed E-state index contributed by atoms with van der Waals surface area (Å²) in [5, 5.41) is 0.456. The molecule has 7 nitrogen and oxygen atoms in total. The number of piperidine rings is 1. The van der Waals surface area contributed by atoms with Crippen LogP contribution in [-0.2, 0) is 0 Å². The predicted octanol–water partition coefficient (Wildman–Crippen LogP) is 2.76. The van der Waals surface area contributed by atoms with Crippen LogP contribution in [0, 0.1) is 0 Å². The van der Waals surface area contributed by atoms with Gasteiger partial charge in [0.1, 0.15) is 6.10 Å². The lowest BCUT2D eigenvalue weighted by atomic mass is 10.1. The molecule has 0 N–H and O–H groups in total. The van der Waals surface area contributed by atoms with Crippen molar-refractivity contribution in [3.05, 3.63) is 53.6 Å². The fourth-order valence-electron chi connectivity index (χ4n) is 3.01. The van der Waals surface area contributed by atoms with Crippen LogP contribution >= 0.6 is 11.6 Å². The Labute approximate surface area is 155 Å². The summed E-state index contributed by atoms with van der Waals surface area (Å²) in [4.78, 5) is 31.2. The van der Waals surface area contributed by atoms with Crippen LogP contribution < -0.4 is 4.74 Å². The van der Waals surface area contributed by atoms with Gasteiger partial charge in [-0.3, -0.25) is 14.8 Å². The van der Waals surface area contributed by atoms with E-state index in [4.69, 9.17) is 16.3 Å². The van der Waals surface area contributed by atoms with Crippen molar-refractivity contribution in [2.24, 2.45) is 0 Å². The molecule has 0 aliphatic carbocycles. The fraction of sp³-hybridized carbons (Fsp3) is 0.278. The third-order valence-corrected chi connectivity index (χ3v) is 4.45. The third-order valence-electron chi connectivity index (χ3n) is 4.25. The van der Waals surface area contributed by atoms with Gasteiger partial charge in [0.15, 0.2) is 0 Å². The highest BCUT2D eigenvalue weighted by Crippen LogP contribution is 2.19. The first-order valence-corrected chi connectivity index (χ1v) is 8.71. The van der Waals surface area contributed by atoms with Crippen molar-refractivity contribution in [2.45, 2.75) is 18.9 Å². The molecule has 132 valence electrons. The lowest BCUT2D eigenvalue weighted by Gasteiger charge is -2.32. The Bertz CT molecular complexity index is 934. The lowest BCUT2D eigenvalue weighted by Crippen LogP contribution is -2.44. The molecule has 1 aliphatic heterocycles. The molecule has 0 radical (unpaired) electrons. The zero-order valence-electron chi connectivity index (χ0n) is 13.9. The second-order valence-corrected chi connectivity index (χ2v) is 6.51. The number of carbonyl (C=O) groups is 1. The molecule has 4 rings (SSSR count). The summed E-state index contributed by atoms with van der Waals surface area (Å²) in [5.41, 5.74) is 2.07. The van der Waals surface area contributed by atoms with Gasteiger partial charge in [-0.2, -0.15) is 0 Å². The molecule has 3 heterocycles. The molecular weight excluding hydrogens is 354 g/mol. The number of benzene rings is 1. The quantitative estimate of drug-likeness (QED) is 0.706. The highest BCUT2D eigenvalue weighted by molar-refractivity contribution is 6.30. The molecule has 0 unspecified atom stereocenters. The van der Waals surface area contributed by atoms with Crippen molar-refractivity contribution in [1.82, 2.24) is 24.8 Å². The lowest BCUT2D eigenvalue weighted by molar-refractivity contribution is 0.0516. The van der Waals surface area contributed by atoms with Crippen molar-refractivity contribution in [2.75, 3.05) is 13.1 Å². The molecule has 3 aromatic rings. The normalized spacial score (nSPS) is 17.3. The van der Waals surface area contributed by atoms with Gasteiger partial charge in [-0.25, -0.2) is 9.97 Å². The number of rotatable bonds is 3. The van der Waals surface area contributed by atoms with Crippen LogP contribution in [0.1, 0.15) is 23.2 Å². The molecule has 8 heteroatoms. The van der Waals surface area contributed by atoms with E-state index in [0.29, 0.717) is 29.2 Å². The van der Waals surface area contributed by atoms with E-state index in [0.717, 1.165) is 18.4 Å². The van der Waals surface area contributed by atoms with Crippen LogP contribution in [-0.4, -0.2) is 49.9 Å². The summed E-state index contributed by atoms with van der Waals surface area (Å²) in [6.45, 7) is 1.18. The second kappa shape index (κ2) is 7.21. The number of likely N-dealkylation sites (tertiary alicyclic amines) is 1. The van der Waals surface area contributed by atoms with E-state index in [2.05, 4.69) is 19.9 Å². The van der Waals surface area contributed by atoms with Gasteiger partial charge in [0.2, 0.25) is 0 Å². The van der Waals surface area contributed by atoms with Gasteiger partial charge in [-0.1, -0.05) is 11.6 Å². The summed E-state index contributed by atoms with van der Waals surface area (Å²) >= 11 is 5.79. The van der Waals surface area contributed by atoms with Crippen molar-refractivity contribution < 1.29 is 9.53 Å². The standard InChI is InChI=1S/C18H16ClN5O2/c19-13-9-22-18(23-10-13)26-14-2-1-7-24(11-14)17(25)12-3-4-15-16(8-12)21-6-5-20-15/h3-6,8-10,14H,1-2,7,11H2/t14-/m1/s1. The van der Waals surface area contributed by atoms with Crippen LogP contribution in [0.5, 0.6) is 6.01 Å². The van der Waals surface area contributed by atoms with Gasteiger partial charge in [-0.15, -0.1) is 0 Å². The summed E-state index contributed by atoms with van der Waals surface area (Å²) < 4.78 is 5.80. The highest BCUT2D eigenvalue weighted by Gasteiger charge is 2.26. The highest BCUT2D eigenvalue weighted by atomic mass is 35.5. The zero-order chi connectivity index (χ0) is 17.9. The molecule has 1 fully saturated rings. The van der Waals surface area contributed by atoms with E-state index in [1.807, 2.05) is 6.07 Å². The summed E-state index contributed by atoms with van der Waals surface area (Å²) in [7, 11) is 0. The Morgan fingerprint density at radius 2 is 1.88 bits per heavy atom. The molecule has 1 atom stereocenters. The summed E-state index contributed by atoms with van der Waals surface area (Å²) in [6.07, 6.45) is 7.80. The number of hydrogen-bond donors (Lipinski definition) is 0. The molecule has 1 aliphatic rings. The van der Waals surface area contributed by atoms with Crippen LogP contribution in [0.15, 0.2) is 43.0 Å². The number of aromatic nitrogens is 4. The summed E-state index contributed by atoms with van der Waals surface area (Å²) in [5.74, 6) is -0.0390. The first-order valence-electron chi connectivity index (χ1n) is 8.33. The predicted molar refractivity (Wildman–Crippen MR) is 96.1 cm³/mol. The monoisotopic (exact) mass is 369 g/mol. The fourth-order valence-corrected chi connectivity index (χ4v) is 3.11. The minimum Gasteiger partial charge on any atom is -0.458 e. The molecule has 2 aromatic heterocycles. The number of fused-ring (bicyclic) bond motifs is 1. The first kappa shape index (κ1) is 16.7. The number of carbonyl (C=O) groups excluding carboxylic acids is 1. The van der Waals surface area contributed by atoms with E-state index in [1.54, 1.807) is 29.4 Å². The molecule has 0 bridgehead atoms. The Balaban J connectivity index is 1.47. The average Bonchev–Trinajstić information content (AvgIpc) is 2.69. The SMILES string of the molecule is O=C(c1ccc2nccnc2c1)N1CCC[C@@H](Oc2ncc(Cl)cn2)C1. The minimum absolute atomic E-state index is 0.0390. The second-order valence-electron chi connectivity index (χ2n) is 6.08. The van der Waals surface area contributed by atoms with Crippen molar-refractivity contribution in [1.29, 1.82) is 0 Å². The van der Waals surface area contributed by atoms with Crippen LogP contribution in [0.3, 0.4) is 0 Å². The average molecular weight is 370 g/mol. The molecule has 0 saturated carbocycles. The number of halogens is 1. The van der Waals surface area contributed by atoms with Crippen molar-refractivity contribution in [3.63, 3.8) is 0 Å². The van der Waals surface area contributed by atoms with Gasteiger partial charge >= 0.3 is 6.01 Å². The van der Waals surface area contributed by atoms with E-state index in [9.17, 15) is 4.79 Å². The van der Waals surface area contributed by atoms with E-state index >= 15 is 0 Å². The molecule has 26 heavy (non-hydrogen) atoms. The first-order chi connectivity index (χ1) is 12.7. The smallest absolute Gasteiger partial charge is 0.316 e. The molecule has 1 aromatic carbocycles. The molecular formula is C18H16ClN5O2. The number of hydrogen-bond acceptors (Lipinski definition) is 6.